The summed E-state index contributed by atoms with van der Waals surface area (Å²) in [5, 5.41) is 0. The Morgan fingerprint density at radius 3 is 2.67 bits per heavy atom. The van der Waals surface area contributed by atoms with E-state index in [-0.39, 0.29) is 27.1 Å². The van der Waals surface area contributed by atoms with Gasteiger partial charge in [-0.1, -0.05) is 0 Å². The lowest BCUT2D eigenvalue weighted by Gasteiger charge is -2.24. The minimum absolute atomic E-state index is 0. The molecular formula is C18H19Br2NO3. The Morgan fingerprint density at radius 1 is 1.21 bits per heavy atom. The van der Waals surface area contributed by atoms with Gasteiger partial charge in [0.25, 0.3) is 0 Å². The van der Waals surface area contributed by atoms with Gasteiger partial charge in [0.1, 0.15) is 17.6 Å². The molecule has 6 heteroatoms. The van der Waals surface area contributed by atoms with E-state index >= 15 is 0 Å². The predicted molar refractivity (Wildman–Crippen MR) is 90.1 cm³/mol. The second-order valence-corrected chi connectivity index (χ2v) is 8.17. The van der Waals surface area contributed by atoms with Crippen LogP contribution in [0.3, 0.4) is 0 Å². The summed E-state index contributed by atoms with van der Waals surface area (Å²) in [5.74, 6) is 2.10. The van der Waals surface area contributed by atoms with Crippen LogP contribution in [0.25, 0.3) is 0 Å². The molecule has 0 radical (unpaired) electrons. The van der Waals surface area contributed by atoms with Gasteiger partial charge in [-0.2, -0.15) is 0 Å². The number of ether oxygens (including phenoxy) is 3. The SMILES string of the molecule is COc1cc2c(cc1OC)C1=[N+](CC2)C[C@H]2C[C@]3(Br)C=C[C@]12O3.[Br-]. The third kappa shape index (κ3) is 1.96. The number of alkyl halides is 1. The molecule has 4 aliphatic rings. The molecule has 1 fully saturated rings. The average Bonchev–Trinajstić information content (AvgIpc) is 3.14. The molecule has 3 atom stereocenters. The van der Waals surface area contributed by atoms with Crippen LogP contribution < -0.4 is 26.5 Å². The molecule has 1 saturated heterocycles. The Bertz CT molecular complexity index is 791. The minimum Gasteiger partial charge on any atom is -1.00 e. The Kier molecular flexibility index (Phi) is 3.68. The second-order valence-electron chi connectivity index (χ2n) is 6.82. The average molecular weight is 457 g/mol. The summed E-state index contributed by atoms with van der Waals surface area (Å²) in [6, 6.07) is 4.24. The fourth-order valence-electron chi connectivity index (χ4n) is 4.73. The number of halogens is 2. The first kappa shape index (κ1) is 16.6. The van der Waals surface area contributed by atoms with E-state index in [1.54, 1.807) is 14.2 Å². The molecule has 5 rings (SSSR count). The summed E-state index contributed by atoms with van der Waals surface area (Å²) in [4.78, 5) is 0. The molecule has 0 unspecified atom stereocenters. The van der Waals surface area contributed by atoms with E-state index in [1.807, 2.05) is 0 Å². The molecule has 4 nitrogen and oxygen atoms in total. The largest absolute Gasteiger partial charge is 1.00 e. The van der Waals surface area contributed by atoms with Crippen LogP contribution in [0.2, 0.25) is 0 Å². The van der Waals surface area contributed by atoms with Gasteiger partial charge in [0.15, 0.2) is 17.1 Å². The van der Waals surface area contributed by atoms with Crippen molar-refractivity contribution >= 4 is 21.6 Å². The molecule has 4 aliphatic heterocycles. The van der Waals surface area contributed by atoms with Gasteiger partial charge < -0.3 is 31.2 Å². The molecule has 1 aromatic rings. The zero-order valence-electron chi connectivity index (χ0n) is 13.6. The third-order valence-corrected chi connectivity index (χ3v) is 6.44. The molecule has 1 aromatic carbocycles. The number of hydrogen-bond acceptors (Lipinski definition) is 3. The molecule has 2 bridgehead atoms. The van der Waals surface area contributed by atoms with Crippen LogP contribution in [0.4, 0.5) is 0 Å². The van der Waals surface area contributed by atoms with Crippen molar-refractivity contribution in [3.05, 3.63) is 35.4 Å². The summed E-state index contributed by atoms with van der Waals surface area (Å²) in [7, 11) is 3.38. The molecule has 128 valence electrons. The summed E-state index contributed by atoms with van der Waals surface area (Å²) < 4.78 is 19.7. The van der Waals surface area contributed by atoms with E-state index in [2.05, 4.69) is 44.8 Å². The van der Waals surface area contributed by atoms with Crippen LogP contribution in [0.5, 0.6) is 11.5 Å². The van der Waals surface area contributed by atoms with Crippen molar-refractivity contribution in [2.45, 2.75) is 23.0 Å². The quantitative estimate of drug-likeness (QED) is 0.342. The summed E-state index contributed by atoms with van der Waals surface area (Å²) in [6.45, 7) is 2.11. The number of nitrogens with zero attached hydrogens (tertiary/aromatic N) is 1. The molecule has 1 spiro atoms. The van der Waals surface area contributed by atoms with E-state index in [4.69, 9.17) is 14.2 Å². The Hall–Kier alpha value is -0.850. The zero-order valence-corrected chi connectivity index (χ0v) is 16.8. The molecule has 24 heavy (non-hydrogen) atoms. The van der Waals surface area contributed by atoms with Crippen LogP contribution >= 0.6 is 15.9 Å². The van der Waals surface area contributed by atoms with Crippen LogP contribution in [-0.4, -0.2) is 47.7 Å². The van der Waals surface area contributed by atoms with Gasteiger partial charge in [0, 0.05) is 12.8 Å². The maximum Gasteiger partial charge on any atom is 0.220 e. The van der Waals surface area contributed by atoms with Crippen molar-refractivity contribution in [3.8, 4) is 11.5 Å². The van der Waals surface area contributed by atoms with E-state index in [0.717, 1.165) is 37.4 Å². The lowest BCUT2D eigenvalue weighted by atomic mass is 9.79. The van der Waals surface area contributed by atoms with E-state index in [1.165, 1.54) is 16.8 Å². The third-order valence-electron chi connectivity index (χ3n) is 5.69. The fourth-order valence-corrected chi connectivity index (χ4v) is 5.52. The number of benzene rings is 1. The molecule has 0 aliphatic carbocycles. The number of fused-ring (bicyclic) bond motifs is 3. The van der Waals surface area contributed by atoms with Crippen molar-refractivity contribution in [2.75, 3.05) is 27.3 Å². The van der Waals surface area contributed by atoms with Crippen molar-refractivity contribution in [1.29, 1.82) is 0 Å². The molecular weight excluding hydrogens is 438 g/mol. The van der Waals surface area contributed by atoms with Gasteiger partial charge in [0.05, 0.1) is 25.7 Å². The maximum atomic E-state index is 6.48. The molecule has 0 N–H and O–H groups in total. The highest BCUT2D eigenvalue weighted by atomic mass is 79.9. The van der Waals surface area contributed by atoms with E-state index < -0.39 is 0 Å². The topological polar surface area (TPSA) is 30.7 Å². The Labute approximate surface area is 160 Å². The van der Waals surface area contributed by atoms with Crippen molar-refractivity contribution in [3.63, 3.8) is 0 Å². The lowest BCUT2D eigenvalue weighted by molar-refractivity contribution is -0.525. The van der Waals surface area contributed by atoms with Crippen LogP contribution in [0.15, 0.2) is 24.3 Å². The first-order valence-corrected chi connectivity index (χ1v) is 8.85. The van der Waals surface area contributed by atoms with E-state index in [9.17, 15) is 0 Å². The highest BCUT2D eigenvalue weighted by Gasteiger charge is 2.67. The van der Waals surface area contributed by atoms with Gasteiger partial charge in [-0.3, -0.25) is 0 Å². The highest BCUT2D eigenvalue weighted by Crippen LogP contribution is 2.57. The summed E-state index contributed by atoms with van der Waals surface area (Å²) in [5.41, 5.74) is 3.59. The van der Waals surface area contributed by atoms with Crippen LogP contribution in [0, 0.1) is 5.92 Å². The lowest BCUT2D eigenvalue weighted by Crippen LogP contribution is -3.00. The van der Waals surface area contributed by atoms with Crippen molar-refractivity contribution < 1.29 is 35.8 Å². The van der Waals surface area contributed by atoms with E-state index in [0.29, 0.717) is 5.92 Å². The Balaban J connectivity index is 0.00000146. The first-order valence-electron chi connectivity index (χ1n) is 8.06. The van der Waals surface area contributed by atoms with Crippen molar-refractivity contribution in [2.24, 2.45) is 5.92 Å². The predicted octanol–water partition coefficient (Wildman–Crippen LogP) is -0.485. The number of methoxy groups -OCH3 is 2. The Morgan fingerprint density at radius 2 is 1.96 bits per heavy atom. The summed E-state index contributed by atoms with van der Waals surface area (Å²) in [6.07, 6.45) is 6.50. The molecule has 0 amide bonds. The van der Waals surface area contributed by atoms with Crippen LogP contribution in [0.1, 0.15) is 17.5 Å². The second kappa shape index (κ2) is 5.32. The molecule has 0 aromatic heterocycles. The summed E-state index contributed by atoms with van der Waals surface area (Å²) >= 11 is 3.76. The maximum absolute atomic E-state index is 6.48. The van der Waals surface area contributed by atoms with Crippen molar-refractivity contribution in [1.82, 2.24) is 0 Å². The van der Waals surface area contributed by atoms with Gasteiger partial charge in [-0.25, -0.2) is 4.58 Å². The fraction of sp³-hybridized carbons (Fsp3) is 0.500. The molecule has 4 heterocycles. The molecule has 0 saturated carbocycles. The normalized spacial score (nSPS) is 34.5. The zero-order chi connectivity index (χ0) is 15.8. The van der Waals surface area contributed by atoms with Gasteiger partial charge in [0.2, 0.25) is 5.71 Å². The van der Waals surface area contributed by atoms with Gasteiger partial charge in [-0.15, -0.1) is 0 Å². The van der Waals surface area contributed by atoms with Gasteiger partial charge >= 0.3 is 0 Å². The van der Waals surface area contributed by atoms with Gasteiger partial charge in [-0.05, 0) is 45.8 Å². The smallest absolute Gasteiger partial charge is 0.220 e. The number of rotatable bonds is 2. The standard InChI is InChI=1S/C18H19BrNO3.BrH/c1-21-14-7-11-3-6-20-10-12-9-17(19)4-5-18(12,23-17)16(20)13(11)8-15(14)22-2;/h4-5,7-8,12H,3,6,9-10H2,1-2H3;1H/q+1;/p-1/t12-,17+,18-;/m1./s1. The number of hydrogen-bond donors (Lipinski definition) is 0. The first-order chi connectivity index (χ1) is 11.1. The highest BCUT2D eigenvalue weighted by molar-refractivity contribution is 9.10. The minimum atomic E-state index is -0.279. The van der Waals surface area contributed by atoms with Crippen LogP contribution in [-0.2, 0) is 11.2 Å². The monoisotopic (exact) mass is 455 g/mol.